The highest BCUT2D eigenvalue weighted by molar-refractivity contribution is 7.08. The van der Waals surface area contributed by atoms with Crippen molar-refractivity contribution in [3.05, 3.63) is 82.6 Å². The van der Waals surface area contributed by atoms with Crippen LogP contribution in [0, 0.1) is 0 Å². The molecular formula is C21H18N2O4S. The molecule has 0 aliphatic rings. The number of hydrogen-bond donors (Lipinski definition) is 2. The first-order chi connectivity index (χ1) is 13.6. The van der Waals surface area contributed by atoms with E-state index in [-0.39, 0.29) is 30.5 Å². The van der Waals surface area contributed by atoms with Gasteiger partial charge in [-0.25, -0.2) is 0 Å². The van der Waals surface area contributed by atoms with Gasteiger partial charge in [-0.3, -0.25) is 14.4 Å². The van der Waals surface area contributed by atoms with Gasteiger partial charge in [0.25, 0.3) is 11.8 Å². The Labute approximate surface area is 166 Å². The molecule has 0 fully saturated rings. The first-order valence-electron chi connectivity index (χ1n) is 8.59. The lowest BCUT2D eigenvalue weighted by Crippen LogP contribution is -2.26. The van der Waals surface area contributed by atoms with Crippen LogP contribution in [0.3, 0.4) is 0 Å². The highest BCUT2D eigenvalue weighted by Gasteiger charge is 2.11. The SMILES string of the molecule is O=C(CCNC(=O)c1ccsc1)Oc1cccc(C(=O)Nc2ccccc2)c1. The summed E-state index contributed by atoms with van der Waals surface area (Å²) in [6, 6.07) is 17.2. The van der Waals surface area contributed by atoms with E-state index >= 15 is 0 Å². The highest BCUT2D eigenvalue weighted by atomic mass is 32.1. The van der Waals surface area contributed by atoms with E-state index in [0.29, 0.717) is 16.8 Å². The van der Waals surface area contributed by atoms with Crippen molar-refractivity contribution in [1.29, 1.82) is 0 Å². The molecule has 0 saturated carbocycles. The van der Waals surface area contributed by atoms with Crippen molar-refractivity contribution in [1.82, 2.24) is 5.32 Å². The van der Waals surface area contributed by atoms with Gasteiger partial charge in [0.15, 0.2) is 0 Å². The van der Waals surface area contributed by atoms with E-state index in [2.05, 4.69) is 10.6 Å². The number of rotatable bonds is 7. The van der Waals surface area contributed by atoms with Gasteiger partial charge in [-0.15, -0.1) is 0 Å². The number of ether oxygens (including phenoxy) is 1. The maximum Gasteiger partial charge on any atom is 0.312 e. The third kappa shape index (κ3) is 5.52. The first-order valence-corrected chi connectivity index (χ1v) is 9.53. The number of benzene rings is 2. The first kappa shape index (κ1) is 19.3. The van der Waals surface area contributed by atoms with Crippen molar-refractivity contribution in [2.24, 2.45) is 0 Å². The lowest BCUT2D eigenvalue weighted by molar-refractivity contribution is -0.134. The fourth-order valence-corrected chi connectivity index (χ4v) is 3.02. The van der Waals surface area contributed by atoms with Crippen molar-refractivity contribution in [2.45, 2.75) is 6.42 Å². The van der Waals surface area contributed by atoms with E-state index in [4.69, 9.17) is 4.74 Å². The molecule has 7 heteroatoms. The number of carbonyl (C=O) groups is 3. The topological polar surface area (TPSA) is 84.5 Å². The summed E-state index contributed by atoms with van der Waals surface area (Å²) in [4.78, 5) is 36.1. The smallest absolute Gasteiger partial charge is 0.312 e. The Morgan fingerprint density at radius 1 is 0.893 bits per heavy atom. The molecule has 2 aromatic carbocycles. The summed E-state index contributed by atoms with van der Waals surface area (Å²) < 4.78 is 5.26. The maximum absolute atomic E-state index is 12.3. The molecule has 1 aromatic heterocycles. The number of para-hydroxylation sites is 1. The molecule has 0 aliphatic carbocycles. The molecule has 2 amide bonds. The van der Waals surface area contributed by atoms with E-state index in [1.54, 1.807) is 41.8 Å². The number of amides is 2. The minimum Gasteiger partial charge on any atom is -0.426 e. The summed E-state index contributed by atoms with van der Waals surface area (Å²) in [5.41, 5.74) is 1.62. The second-order valence-corrected chi connectivity index (χ2v) is 6.62. The molecule has 0 aliphatic heterocycles. The predicted octanol–water partition coefficient (Wildman–Crippen LogP) is 3.73. The molecule has 142 valence electrons. The molecule has 0 radical (unpaired) electrons. The Balaban J connectivity index is 1.50. The molecule has 6 nitrogen and oxygen atoms in total. The minimum atomic E-state index is -0.494. The summed E-state index contributed by atoms with van der Waals surface area (Å²) in [6.07, 6.45) is 0.0241. The van der Waals surface area contributed by atoms with Crippen molar-refractivity contribution in [3.8, 4) is 5.75 Å². The zero-order valence-electron chi connectivity index (χ0n) is 14.9. The molecule has 0 spiro atoms. The monoisotopic (exact) mass is 394 g/mol. The fourth-order valence-electron chi connectivity index (χ4n) is 2.38. The normalized spacial score (nSPS) is 10.1. The van der Waals surface area contributed by atoms with Crippen LogP contribution in [0.15, 0.2) is 71.4 Å². The van der Waals surface area contributed by atoms with E-state index in [0.717, 1.165) is 0 Å². The molecule has 3 aromatic rings. The number of hydrogen-bond acceptors (Lipinski definition) is 5. The number of anilines is 1. The molecule has 2 N–H and O–H groups in total. The van der Waals surface area contributed by atoms with Crippen molar-refractivity contribution >= 4 is 34.8 Å². The zero-order chi connectivity index (χ0) is 19.8. The second kappa shape index (κ2) is 9.48. The third-order valence-corrected chi connectivity index (χ3v) is 4.44. The quantitative estimate of drug-likeness (QED) is 0.472. The van der Waals surface area contributed by atoms with E-state index < -0.39 is 5.97 Å². The van der Waals surface area contributed by atoms with Crippen LogP contribution in [0.4, 0.5) is 5.69 Å². The van der Waals surface area contributed by atoms with E-state index in [1.807, 2.05) is 23.6 Å². The lowest BCUT2D eigenvalue weighted by atomic mass is 10.2. The van der Waals surface area contributed by atoms with Gasteiger partial charge in [0.05, 0.1) is 6.42 Å². The molecule has 0 atom stereocenters. The Kier molecular flexibility index (Phi) is 6.54. The van der Waals surface area contributed by atoms with Crippen LogP contribution >= 0.6 is 11.3 Å². The highest BCUT2D eigenvalue weighted by Crippen LogP contribution is 2.16. The summed E-state index contributed by atoms with van der Waals surface area (Å²) in [5, 5.41) is 8.98. The van der Waals surface area contributed by atoms with Gasteiger partial charge in [-0.1, -0.05) is 24.3 Å². The average molecular weight is 394 g/mol. The largest absolute Gasteiger partial charge is 0.426 e. The van der Waals surface area contributed by atoms with E-state index in [9.17, 15) is 14.4 Å². The van der Waals surface area contributed by atoms with Gasteiger partial charge in [-0.05, 0) is 41.8 Å². The van der Waals surface area contributed by atoms with Gasteiger partial charge < -0.3 is 15.4 Å². The Hall–Kier alpha value is -3.45. The average Bonchev–Trinajstić information content (AvgIpc) is 3.24. The standard InChI is InChI=1S/C21H18N2O4S/c24-19(9-11-22-20(25)16-10-12-28-14-16)27-18-8-4-5-15(13-18)21(26)23-17-6-2-1-3-7-17/h1-8,10,12-14H,9,11H2,(H,22,25)(H,23,26). The van der Waals surface area contributed by atoms with Crippen LogP contribution in [0.25, 0.3) is 0 Å². The van der Waals surface area contributed by atoms with Gasteiger partial charge >= 0.3 is 5.97 Å². The number of esters is 1. The molecule has 0 saturated heterocycles. The number of carbonyl (C=O) groups excluding carboxylic acids is 3. The van der Waals surface area contributed by atoms with Crippen LogP contribution in [-0.2, 0) is 4.79 Å². The van der Waals surface area contributed by atoms with Gasteiger partial charge in [-0.2, -0.15) is 11.3 Å². The van der Waals surface area contributed by atoms with E-state index in [1.165, 1.54) is 17.4 Å². The van der Waals surface area contributed by atoms with Crippen molar-refractivity contribution < 1.29 is 19.1 Å². The Bertz CT molecular complexity index is 956. The lowest BCUT2D eigenvalue weighted by Gasteiger charge is -2.08. The van der Waals surface area contributed by atoms with Crippen molar-refractivity contribution in [3.63, 3.8) is 0 Å². The summed E-state index contributed by atoms with van der Waals surface area (Å²) in [7, 11) is 0. The Morgan fingerprint density at radius 2 is 1.71 bits per heavy atom. The zero-order valence-corrected chi connectivity index (χ0v) is 15.7. The molecule has 0 bridgehead atoms. The second-order valence-electron chi connectivity index (χ2n) is 5.84. The molecule has 1 heterocycles. The predicted molar refractivity (Wildman–Crippen MR) is 108 cm³/mol. The molecule has 3 rings (SSSR count). The minimum absolute atomic E-state index is 0.0241. The maximum atomic E-state index is 12.3. The number of nitrogens with one attached hydrogen (secondary N) is 2. The molecular weight excluding hydrogens is 376 g/mol. The van der Waals surface area contributed by atoms with Crippen molar-refractivity contribution in [2.75, 3.05) is 11.9 Å². The summed E-state index contributed by atoms with van der Waals surface area (Å²) in [5.74, 6) is -0.748. The Morgan fingerprint density at radius 3 is 2.46 bits per heavy atom. The molecule has 28 heavy (non-hydrogen) atoms. The summed E-state index contributed by atoms with van der Waals surface area (Å²) >= 11 is 1.43. The van der Waals surface area contributed by atoms with Crippen LogP contribution in [0.1, 0.15) is 27.1 Å². The summed E-state index contributed by atoms with van der Waals surface area (Å²) in [6.45, 7) is 0.168. The van der Waals surface area contributed by atoms with Gasteiger partial charge in [0.2, 0.25) is 0 Å². The van der Waals surface area contributed by atoms with Crippen LogP contribution in [0.5, 0.6) is 5.75 Å². The van der Waals surface area contributed by atoms with Gasteiger partial charge in [0, 0.05) is 28.7 Å². The number of thiophene rings is 1. The van der Waals surface area contributed by atoms with Crippen LogP contribution in [0.2, 0.25) is 0 Å². The van der Waals surface area contributed by atoms with Gasteiger partial charge in [0.1, 0.15) is 5.75 Å². The third-order valence-electron chi connectivity index (χ3n) is 3.76. The van der Waals surface area contributed by atoms with Crippen LogP contribution < -0.4 is 15.4 Å². The molecule has 0 unspecified atom stereocenters. The fraction of sp³-hybridized carbons (Fsp3) is 0.0952. The van der Waals surface area contributed by atoms with Crippen LogP contribution in [-0.4, -0.2) is 24.3 Å².